The Bertz CT molecular complexity index is 358. The first-order chi connectivity index (χ1) is 7.00. The number of carbonyl (C=O) groups is 1. The number of esters is 1. The van der Waals surface area contributed by atoms with E-state index < -0.39 is 5.41 Å². The van der Waals surface area contributed by atoms with Crippen molar-refractivity contribution in [1.29, 1.82) is 0 Å². The van der Waals surface area contributed by atoms with E-state index in [1.165, 1.54) is 0 Å². The van der Waals surface area contributed by atoms with Crippen molar-refractivity contribution in [2.75, 3.05) is 6.61 Å². The molecule has 0 aliphatic rings. The molecular formula is C12H17NO2. The fraction of sp³-hybridized carbons (Fsp3) is 0.500. The first-order valence-electron chi connectivity index (χ1n) is 5.08. The Morgan fingerprint density at radius 3 is 2.73 bits per heavy atom. The van der Waals surface area contributed by atoms with E-state index in [2.05, 4.69) is 4.98 Å². The molecule has 0 aromatic carbocycles. The summed E-state index contributed by atoms with van der Waals surface area (Å²) in [5, 5.41) is 0. The van der Waals surface area contributed by atoms with Gasteiger partial charge in [0.15, 0.2) is 0 Å². The molecule has 3 heteroatoms. The summed E-state index contributed by atoms with van der Waals surface area (Å²) in [5.74, 6) is -0.195. The normalized spacial score (nSPS) is 11.2. The molecule has 1 heterocycles. The predicted molar refractivity (Wildman–Crippen MR) is 58.6 cm³/mol. The molecule has 1 aromatic heterocycles. The summed E-state index contributed by atoms with van der Waals surface area (Å²) in [4.78, 5) is 15.8. The summed E-state index contributed by atoms with van der Waals surface area (Å²) >= 11 is 0. The van der Waals surface area contributed by atoms with Gasteiger partial charge in [0.25, 0.3) is 0 Å². The zero-order valence-corrected chi connectivity index (χ0v) is 9.70. The van der Waals surface area contributed by atoms with E-state index in [0.717, 1.165) is 11.1 Å². The van der Waals surface area contributed by atoms with Gasteiger partial charge in [0.1, 0.15) is 0 Å². The summed E-state index contributed by atoms with van der Waals surface area (Å²) in [6, 6.07) is 1.87. The fourth-order valence-electron chi connectivity index (χ4n) is 1.60. The average Bonchev–Trinajstić information content (AvgIpc) is 2.18. The molecule has 0 aliphatic heterocycles. The third-order valence-electron chi connectivity index (χ3n) is 2.48. The van der Waals surface area contributed by atoms with E-state index in [-0.39, 0.29) is 5.97 Å². The van der Waals surface area contributed by atoms with E-state index >= 15 is 0 Å². The number of carbonyl (C=O) groups excluding carboxylic acids is 1. The van der Waals surface area contributed by atoms with Gasteiger partial charge in [-0.2, -0.15) is 0 Å². The van der Waals surface area contributed by atoms with Gasteiger partial charge in [-0.25, -0.2) is 0 Å². The Kier molecular flexibility index (Phi) is 3.45. The molecule has 0 unspecified atom stereocenters. The van der Waals surface area contributed by atoms with Crippen LogP contribution >= 0.6 is 0 Å². The first kappa shape index (κ1) is 11.7. The van der Waals surface area contributed by atoms with Crippen LogP contribution in [-0.4, -0.2) is 17.6 Å². The zero-order chi connectivity index (χ0) is 11.5. The maximum absolute atomic E-state index is 11.8. The third-order valence-corrected chi connectivity index (χ3v) is 2.48. The maximum atomic E-state index is 11.8. The van der Waals surface area contributed by atoms with Gasteiger partial charge in [0, 0.05) is 12.4 Å². The number of ether oxygens (including phenoxy) is 1. The number of rotatable bonds is 3. The van der Waals surface area contributed by atoms with E-state index in [1.807, 2.05) is 33.8 Å². The number of pyridine rings is 1. The van der Waals surface area contributed by atoms with E-state index in [1.54, 1.807) is 12.4 Å². The highest BCUT2D eigenvalue weighted by molar-refractivity contribution is 5.82. The Labute approximate surface area is 90.5 Å². The lowest BCUT2D eigenvalue weighted by Crippen LogP contribution is -2.31. The van der Waals surface area contributed by atoms with Crippen LogP contribution in [0.5, 0.6) is 0 Å². The molecule has 0 atom stereocenters. The molecule has 0 saturated heterocycles. The molecule has 15 heavy (non-hydrogen) atoms. The van der Waals surface area contributed by atoms with Gasteiger partial charge >= 0.3 is 5.97 Å². The SMILES string of the molecule is CCOC(=O)C(C)(C)c1ccncc1C. The summed E-state index contributed by atoms with van der Waals surface area (Å²) in [6.45, 7) is 7.91. The predicted octanol–water partition coefficient (Wildman–Crippen LogP) is 2.23. The number of hydrogen-bond acceptors (Lipinski definition) is 3. The Balaban J connectivity index is 3.05. The molecule has 3 nitrogen and oxygen atoms in total. The summed E-state index contributed by atoms with van der Waals surface area (Å²) < 4.78 is 5.06. The molecule has 0 N–H and O–H groups in total. The second-order valence-corrected chi connectivity index (χ2v) is 4.04. The van der Waals surface area contributed by atoms with Gasteiger partial charge in [0.05, 0.1) is 12.0 Å². The van der Waals surface area contributed by atoms with Crippen molar-refractivity contribution in [2.45, 2.75) is 33.1 Å². The summed E-state index contributed by atoms with van der Waals surface area (Å²) in [6.07, 6.45) is 3.46. The van der Waals surface area contributed by atoms with Crippen LogP contribution in [0.2, 0.25) is 0 Å². The average molecular weight is 207 g/mol. The second kappa shape index (κ2) is 4.43. The minimum Gasteiger partial charge on any atom is -0.465 e. The minimum atomic E-state index is -0.608. The molecule has 0 fully saturated rings. The van der Waals surface area contributed by atoms with Crippen LogP contribution in [0.15, 0.2) is 18.5 Å². The second-order valence-electron chi connectivity index (χ2n) is 4.04. The molecule has 0 aliphatic carbocycles. The molecule has 0 radical (unpaired) electrons. The van der Waals surface area contributed by atoms with Gasteiger partial charge < -0.3 is 4.74 Å². The lowest BCUT2D eigenvalue weighted by Gasteiger charge is -2.24. The van der Waals surface area contributed by atoms with Crippen LogP contribution in [0.3, 0.4) is 0 Å². The van der Waals surface area contributed by atoms with E-state index in [9.17, 15) is 4.79 Å². The third kappa shape index (κ3) is 2.35. The first-order valence-corrected chi connectivity index (χ1v) is 5.08. The van der Waals surface area contributed by atoms with Gasteiger partial charge in [-0.3, -0.25) is 9.78 Å². The molecule has 0 bridgehead atoms. The van der Waals surface area contributed by atoms with Crippen molar-refractivity contribution in [3.63, 3.8) is 0 Å². The zero-order valence-electron chi connectivity index (χ0n) is 9.70. The van der Waals surface area contributed by atoms with Crippen molar-refractivity contribution in [1.82, 2.24) is 4.98 Å². The largest absolute Gasteiger partial charge is 0.465 e. The van der Waals surface area contributed by atoms with Crippen molar-refractivity contribution in [3.8, 4) is 0 Å². The molecule has 82 valence electrons. The molecule has 1 aromatic rings. The van der Waals surface area contributed by atoms with Gasteiger partial charge in [-0.1, -0.05) is 0 Å². The van der Waals surface area contributed by atoms with E-state index in [0.29, 0.717) is 6.61 Å². The lowest BCUT2D eigenvalue weighted by atomic mass is 9.83. The number of nitrogens with zero attached hydrogens (tertiary/aromatic N) is 1. The molecule has 0 spiro atoms. The highest BCUT2D eigenvalue weighted by Gasteiger charge is 2.32. The summed E-state index contributed by atoms with van der Waals surface area (Å²) in [5.41, 5.74) is 1.37. The van der Waals surface area contributed by atoms with Crippen molar-refractivity contribution < 1.29 is 9.53 Å². The van der Waals surface area contributed by atoms with Crippen LogP contribution in [0.4, 0.5) is 0 Å². The molecular weight excluding hydrogens is 190 g/mol. The molecule has 1 rings (SSSR count). The van der Waals surface area contributed by atoms with Crippen molar-refractivity contribution >= 4 is 5.97 Å². The number of hydrogen-bond donors (Lipinski definition) is 0. The maximum Gasteiger partial charge on any atom is 0.315 e. The van der Waals surface area contributed by atoms with Crippen LogP contribution in [0, 0.1) is 6.92 Å². The number of aromatic nitrogens is 1. The molecule has 0 amide bonds. The van der Waals surface area contributed by atoms with E-state index in [4.69, 9.17) is 4.74 Å². The van der Waals surface area contributed by atoms with Crippen LogP contribution in [0.25, 0.3) is 0 Å². The van der Waals surface area contributed by atoms with Gasteiger partial charge in [-0.05, 0) is 44.9 Å². The van der Waals surface area contributed by atoms with Crippen molar-refractivity contribution in [3.05, 3.63) is 29.6 Å². The molecule has 0 saturated carbocycles. The highest BCUT2D eigenvalue weighted by atomic mass is 16.5. The van der Waals surface area contributed by atoms with Crippen molar-refractivity contribution in [2.24, 2.45) is 0 Å². The van der Waals surface area contributed by atoms with Crippen LogP contribution in [-0.2, 0) is 14.9 Å². The topological polar surface area (TPSA) is 39.2 Å². The standard InChI is InChI=1S/C12H17NO2/c1-5-15-11(14)12(3,4)10-6-7-13-8-9(10)2/h6-8H,5H2,1-4H3. The minimum absolute atomic E-state index is 0.195. The monoisotopic (exact) mass is 207 g/mol. The Hall–Kier alpha value is -1.38. The summed E-state index contributed by atoms with van der Waals surface area (Å²) in [7, 11) is 0. The lowest BCUT2D eigenvalue weighted by molar-refractivity contribution is -0.148. The van der Waals surface area contributed by atoms with Crippen LogP contribution in [0.1, 0.15) is 31.9 Å². The Morgan fingerprint density at radius 1 is 1.53 bits per heavy atom. The van der Waals surface area contributed by atoms with Gasteiger partial charge in [0.2, 0.25) is 0 Å². The van der Waals surface area contributed by atoms with Crippen LogP contribution < -0.4 is 0 Å². The quantitative estimate of drug-likeness (QED) is 0.713. The smallest absolute Gasteiger partial charge is 0.315 e. The highest BCUT2D eigenvalue weighted by Crippen LogP contribution is 2.26. The number of aryl methyl sites for hydroxylation is 1. The fourth-order valence-corrected chi connectivity index (χ4v) is 1.60. The Morgan fingerprint density at radius 2 is 2.20 bits per heavy atom. The van der Waals surface area contributed by atoms with Gasteiger partial charge in [-0.15, -0.1) is 0 Å².